The van der Waals surface area contributed by atoms with Crippen LogP contribution in [0.2, 0.25) is 0 Å². The summed E-state index contributed by atoms with van der Waals surface area (Å²) < 4.78 is 99.6. The molecule has 1 fully saturated rings. The normalized spacial score (nSPS) is 17.5. The second kappa shape index (κ2) is 11.5. The number of benzene rings is 1. The van der Waals surface area contributed by atoms with Gasteiger partial charge in [-0.15, -0.1) is 11.3 Å². The molecule has 0 bridgehead atoms. The molecule has 0 saturated heterocycles. The van der Waals surface area contributed by atoms with E-state index in [1.165, 1.54) is 17.4 Å². The predicted molar refractivity (Wildman–Crippen MR) is 144 cm³/mol. The molecule has 0 radical (unpaired) electrons. The first-order valence-electron chi connectivity index (χ1n) is 13.0. The molecule has 1 aromatic carbocycles. The molecule has 3 heterocycles. The van der Waals surface area contributed by atoms with Crippen LogP contribution in [-0.4, -0.2) is 51.2 Å². The molecule has 3 aromatic heterocycles. The Bertz CT molecular complexity index is 1580. The average molecular weight is 615 g/mol. The number of thiazole rings is 1. The summed E-state index contributed by atoms with van der Waals surface area (Å²) in [7, 11) is 0. The number of hydrogen-bond acceptors (Lipinski definition) is 8. The molecule has 1 saturated carbocycles. The molecule has 2 unspecified atom stereocenters. The molecular formula is C27H25F7N6OS. The second-order valence-corrected chi connectivity index (χ2v) is 11.1. The van der Waals surface area contributed by atoms with Gasteiger partial charge in [0.05, 0.1) is 34.8 Å². The van der Waals surface area contributed by atoms with Crippen molar-refractivity contribution >= 4 is 33.3 Å². The number of alkyl halides is 5. The zero-order chi connectivity index (χ0) is 30.2. The van der Waals surface area contributed by atoms with Gasteiger partial charge < -0.3 is 15.4 Å². The summed E-state index contributed by atoms with van der Waals surface area (Å²) in [6, 6.07) is 5.03. The third-order valence-electron chi connectivity index (χ3n) is 6.94. The Morgan fingerprint density at radius 3 is 2.40 bits per heavy atom. The molecule has 2 N–H and O–H groups in total. The number of aryl methyl sites for hydroxylation is 2. The highest BCUT2D eigenvalue weighted by Crippen LogP contribution is 2.39. The van der Waals surface area contributed by atoms with Crippen LogP contribution in [0.4, 0.5) is 42.5 Å². The lowest BCUT2D eigenvalue weighted by atomic mass is 10.1. The fourth-order valence-electron chi connectivity index (χ4n) is 4.76. The lowest BCUT2D eigenvalue weighted by Crippen LogP contribution is -2.42. The minimum Gasteiger partial charge on any atom is -0.487 e. The maximum absolute atomic E-state index is 14.0. The smallest absolute Gasteiger partial charge is 0.455 e. The number of hydrogen-bond donors (Lipinski definition) is 2. The van der Waals surface area contributed by atoms with Crippen LogP contribution in [0.25, 0.3) is 20.8 Å². The maximum atomic E-state index is 14.0. The third-order valence-corrected chi connectivity index (χ3v) is 7.98. The molecule has 224 valence electrons. The van der Waals surface area contributed by atoms with Crippen molar-refractivity contribution in [3.8, 4) is 16.3 Å². The molecule has 15 heteroatoms. The van der Waals surface area contributed by atoms with Crippen molar-refractivity contribution in [1.82, 2.24) is 19.9 Å². The molecule has 42 heavy (non-hydrogen) atoms. The molecule has 7 nitrogen and oxygen atoms in total. The Labute approximate surface area is 239 Å². The van der Waals surface area contributed by atoms with Crippen LogP contribution >= 0.6 is 11.3 Å². The van der Waals surface area contributed by atoms with E-state index >= 15 is 0 Å². The van der Waals surface area contributed by atoms with Crippen LogP contribution < -0.4 is 15.4 Å². The van der Waals surface area contributed by atoms with E-state index in [9.17, 15) is 30.7 Å². The Hall–Kier alpha value is -3.75. The summed E-state index contributed by atoms with van der Waals surface area (Å²) in [4.78, 5) is 17.4. The molecule has 1 aliphatic carbocycles. The van der Waals surface area contributed by atoms with Gasteiger partial charge in [0, 0.05) is 12.2 Å². The monoisotopic (exact) mass is 614 g/mol. The fourth-order valence-corrected chi connectivity index (χ4v) is 5.87. The Morgan fingerprint density at radius 2 is 1.71 bits per heavy atom. The number of anilines is 2. The third kappa shape index (κ3) is 6.20. The highest BCUT2D eigenvalue weighted by Gasteiger charge is 2.57. The van der Waals surface area contributed by atoms with Crippen LogP contribution in [0.3, 0.4) is 0 Å². The van der Waals surface area contributed by atoms with Crippen LogP contribution in [0.1, 0.15) is 30.7 Å². The van der Waals surface area contributed by atoms with Gasteiger partial charge in [0.25, 0.3) is 0 Å². The van der Waals surface area contributed by atoms with Crippen LogP contribution in [0, 0.1) is 31.4 Å². The summed E-state index contributed by atoms with van der Waals surface area (Å²) >= 11 is 1.34. The van der Waals surface area contributed by atoms with Crippen molar-refractivity contribution in [2.75, 3.05) is 23.8 Å². The molecular weight excluding hydrogens is 589 g/mol. The fraction of sp³-hybridized carbons (Fsp3) is 0.407. The number of rotatable bonds is 9. The average Bonchev–Trinajstić information content (AvgIpc) is 3.54. The molecule has 4 aromatic rings. The van der Waals surface area contributed by atoms with Gasteiger partial charge in [0.1, 0.15) is 16.3 Å². The van der Waals surface area contributed by atoms with E-state index < -0.39 is 42.0 Å². The minimum absolute atomic E-state index is 0.0628. The number of para-hydroxylation sites is 1. The number of nitrogens with one attached hydrogen (secondary N) is 2. The highest BCUT2D eigenvalue weighted by atomic mass is 32.1. The molecule has 0 aliphatic heterocycles. The van der Waals surface area contributed by atoms with E-state index in [2.05, 4.69) is 25.3 Å². The van der Waals surface area contributed by atoms with Crippen molar-refractivity contribution in [2.45, 2.75) is 51.3 Å². The van der Waals surface area contributed by atoms with Gasteiger partial charge in [0.2, 0.25) is 5.95 Å². The lowest BCUT2D eigenvalue weighted by molar-refractivity contribution is -0.275. The van der Waals surface area contributed by atoms with E-state index in [0.717, 1.165) is 16.8 Å². The zero-order valence-corrected chi connectivity index (χ0v) is 23.1. The van der Waals surface area contributed by atoms with E-state index in [4.69, 9.17) is 4.74 Å². The number of halogens is 7. The maximum Gasteiger partial charge on any atom is 0.455 e. The largest absolute Gasteiger partial charge is 0.487 e. The summed E-state index contributed by atoms with van der Waals surface area (Å²) in [5, 5.41) is 5.81. The van der Waals surface area contributed by atoms with Gasteiger partial charge in [-0.25, -0.2) is 18.7 Å². The first kappa shape index (κ1) is 29.7. The van der Waals surface area contributed by atoms with Crippen molar-refractivity contribution in [3.63, 3.8) is 0 Å². The number of fused-ring (bicyclic) bond motifs is 1. The minimum atomic E-state index is -5.74. The SMILES string of the molecule is Cc1nc(NCC(F)(F)C(F)(F)F)nc(NC2CCC(COc3c(F)cccc3F)C2)c1-c1nc2c(C)nccc2s1. The number of pyridine rings is 1. The summed E-state index contributed by atoms with van der Waals surface area (Å²) in [6.45, 7) is 1.71. The van der Waals surface area contributed by atoms with Crippen LogP contribution in [0.15, 0.2) is 30.5 Å². The second-order valence-electron chi connectivity index (χ2n) is 10.1. The summed E-state index contributed by atoms with van der Waals surface area (Å²) in [6.07, 6.45) is -2.30. The summed E-state index contributed by atoms with van der Waals surface area (Å²) in [5.74, 6) is -7.32. The van der Waals surface area contributed by atoms with Crippen LogP contribution in [-0.2, 0) is 0 Å². The van der Waals surface area contributed by atoms with E-state index in [1.807, 2.05) is 5.32 Å². The van der Waals surface area contributed by atoms with Crippen molar-refractivity contribution in [2.24, 2.45) is 5.92 Å². The van der Waals surface area contributed by atoms with Crippen molar-refractivity contribution < 1.29 is 35.5 Å². The molecule has 0 amide bonds. The Morgan fingerprint density at radius 1 is 0.976 bits per heavy atom. The van der Waals surface area contributed by atoms with Gasteiger partial charge in [-0.2, -0.15) is 26.9 Å². The first-order valence-corrected chi connectivity index (χ1v) is 13.8. The van der Waals surface area contributed by atoms with E-state index in [1.54, 1.807) is 26.1 Å². The number of ether oxygens (including phenoxy) is 1. The zero-order valence-electron chi connectivity index (χ0n) is 22.3. The first-order chi connectivity index (χ1) is 19.8. The van der Waals surface area contributed by atoms with Crippen LogP contribution in [0.5, 0.6) is 5.75 Å². The van der Waals surface area contributed by atoms with E-state index in [0.29, 0.717) is 46.7 Å². The molecule has 1 aliphatic rings. The Kier molecular flexibility index (Phi) is 8.14. The number of aromatic nitrogens is 4. The topological polar surface area (TPSA) is 84.9 Å². The molecule has 5 rings (SSSR count). The van der Waals surface area contributed by atoms with Crippen molar-refractivity contribution in [1.29, 1.82) is 0 Å². The lowest BCUT2D eigenvalue weighted by Gasteiger charge is -2.21. The molecule has 0 spiro atoms. The standard InChI is InChI=1S/C27H25F7N6OS/c1-13-20(24-39-21-14(2)35-9-8-19(21)42-24)23(40-25(37-13)36-12-26(30,31)27(32,33)34)38-16-7-6-15(10-16)11-41-22-17(28)4-3-5-18(22)29/h3-5,8-9,15-16H,6-7,10-12H2,1-2H3,(H2,36,37,38,40). The van der Waals surface area contributed by atoms with Gasteiger partial charge >= 0.3 is 12.1 Å². The van der Waals surface area contributed by atoms with Crippen molar-refractivity contribution in [3.05, 3.63) is 53.5 Å². The molecule has 2 atom stereocenters. The Balaban J connectivity index is 1.40. The van der Waals surface area contributed by atoms with Gasteiger partial charge in [0.15, 0.2) is 17.4 Å². The number of nitrogens with zero attached hydrogens (tertiary/aromatic N) is 4. The van der Waals surface area contributed by atoms with Gasteiger partial charge in [-0.1, -0.05) is 6.07 Å². The predicted octanol–water partition coefficient (Wildman–Crippen LogP) is 7.31. The van der Waals surface area contributed by atoms with E-state index in [-0.39, 0.29) is 24.4 Å². The summed E-state index contributed by atoms with van der Waals surface area (Å²) in [5.41, 5.74) is 2.13. The van der Waals surface area contributed by atoms with Gasteiger partial charge in [-0.3, -0.25) is 4.98 Å². The quantitative estimate of drug-likeness (QED) is 0.191. The van der Waals surface area contributed by atoms with Gasteiger partial charge in [-0.05, 0) is 57.2 Å². The highest BCUT2D eigenvalue weighted by molar-refractivity contribution is 7.21.